The number of carbonyl (C=O) groups is 1. The van der Waals surface area contributed by atoms with Gasteiger partial charge in [-0.05, 0) is 37.0 Å². The third-order valence-corrected chi connectivity index (χ3v) is 7.58. The quantitative estimate of drug-likeness (QED) is 0.571. The molecule has 184 valence electrons. The van der Waals surface area contributed by atoms with Crippen LogP contribution in [0.25, 0.3) is 11.0 Å². The number of hydrogen-bond donors (Lipinski definition) is 1. The lowest BCUT2D eigenvalue weighted by Gasteiger charge is -2.26. The molecule has 0 unspecified atom stereocenters. The van der Waals surface area contributed by atoms with Crippen molar-refractivity contribution in [1.29, 1.82) is 0 Å². The van der Waals surface area contributed by atoms with Crippen LogP contribution in [-0.4, -0.2) is 53.3 Å². The number of benzene rings is 1. The highest BCUT2D eigenvalue weighted by Crippen LogP contribution is 2.31. The smallest absolute Gasteiger partial charge is 0.345 e. The van der Waals surface area contributed by atoms with E-state index in [0.29, 0.717) is 11.6 Å². The van der Waals surface area contributed by atoms with E-state index in [0.717, 1.165) is 57.9 Å². The molecule has 3 heterocycles. The average Bonchev–Trinajstić information content (AvgIpc) is 3.38. The average molecular weight is 489 g/mol. The summed E-state index contributed by atoms with van der Waals surface area (Å²) in [6.45, 7) is 10.2. The van der Waals surface area contributed by atoms with Crippen LogP contribution in [0.3, 0.4) is 0 Å². The summed E-state index contributed by atoms with van der Waals surface area (Å²) in [5, 5.41) is 6.45. The van der Waals surface area contributed by atoms with Crippen molar-refractivity contribution in [2.24, 2.45) is 5.92 Å². The number of hydrogen-bond acceptors (Lipinski definition) is 6. The molecule has 0 radical (unpaired) electrons. The number of anilines is 2. The first kappa shape index (κ1) is 24.2. The molecule has 0 saturated carbocycles. The second-order valence-electron chi connectivity index (χ2n) is 9.75. The second-order valence-corrected chi connectivity index (χ2v) is 11.6. The molecular formula is C23H32N6O4S. The van der Waals surface area contributed by atoms with Crippen LogP contribution in [0.1, 0.15) is 46.4 Å². The Morgan fingerprint density at radius 1 is 1.24 bits per heavy atom. The molecule has 10 nitrogen and oxygen atoms in total. The lowest BCUT2D eigenvalue weighted by molar-refractivity contribution is -0.114. The molecule has 0 spiro atoms. The SMILES string of the molecule is CC(=O)Nc1ccn(S(=O)(=O)N(C)c2ccc3c(c2)nc(C(C)(C)C)n3CC2CCOCC2)n1. The maximum absolute atomic E-state index is 13.1. The summed E-state index contributed by atoms with van der Waals surface area (Å²) in [4.78, 5) is 16.2. The van der Waals surface area contributed by atoms with Gasteiger partial charge in [0, 0.05) is 51.4 Å². The molecule has 1 N–H and O–H groups in total. The Morgan fingerprint density at radius 2 is 1.94 bits per heavy atom. The summed E-state index contributed by atoms with van der Waals surface area (Å²) in [6, 6.07) is 6.95. The predicted molar refractivity (Wildman–Crippen MR) is 131 cm³/mol. The number of aromatic nitrogens is 4. The molecular weight excluding hydrogens is 456 g/mol. The molecule has 3 aromatic rings. The van der Waals surface area contributed by atoms with Crippen LogP contribution in [0.5, 0.6) is 0 Å². The molecule has 1 aromatic carbocycles. The number of carbonyl (C=O) groups excluding carboxylic acids is 1. The van der Waals surface area contributed by atoms with Crippen LogP contribution in [0.15, 0.2) is 30.5 Å². The van der Waals surface area contributed by atoms with Crippen molar-refractivity contribution in [1.82, 2.24) is 18.7 Å². The summed E-state index contributed by atoms with van der Waals surface area (Å²) in [5.74, 6) is 1.34. The lowest BCUT2D eigenvalue weighted by Crippen LogP contribution is -2.32. The number of nitrogens with one attached hydrogen (secondary N) is 1. The van der Waals surface area contributed by atoms with Crippen LogP contribution in [0.4, 0.5) is 11.5 Å². The summed E-state index contributed by atoms with van der Waals surface area (Å²) in [6.07, 6.45) is 3.34. The fraction of sp³-hybridized carbons (Fsp3) is 0.522. The zero-order valence-corrected chi connectivity index (χ0v) is 21.1. The Hall–Kier alpha value is -2.92. The topological polar surface area (TPSA) is 111 Å². The van der Waals surface area contributed by atoms with Crippen LogP contribution >= 0.6 is 0 Å². The molecule has 34 heavy (non-hydrogen) atoms. The van der Waals surface area contributed by atoms with Crippen LogP contribution in [0, 0.1) is 5.92 Å². The first-order chi connectivity index (χ1) is 16.0. The minimum atomic E-state index is -3.99. The van der Waals surface area contributed by atoms with Gasteiger partial charge in [0.25, 0.3) is 0 Å². The van der Waals surface area contributed by atoms with Gasteiger partial charge < -0.3 is 14.6 Å². The van der Waals surface area contributed by atoms with Gasteiger partial charge in [0.2, 0.25) is 5.91 Å². The third kappa shape index (κ3) is 4.80. The van der Waals surface area contributed by atoms with E-state index in [1.54, 1.807) is 12.1 Å². The maximum atomic E-state index is 13.1. The standard InChI is InChI=1S/C23H32N6O4S/c1-16(30)24-21-8-11-29(26-21)34(31,32)27(5)18-6-7-20-19(14-18)25-22(23(2,3)4)28(20)15-17-9-12-33-13-10-17/h6-8,11,14,17H,9-10,12-13,15H2,1-5H3,(H,24,26,30). The summed E-state index contributed by atoms with van der Waals surface area (Å²) < 4.78 is 36.1. The molecule has 0 atom stereocenters. The predicted octanol–water partition coefficient (Wildman–Crippen LogP) is 3.14. The van der Waals surface area contributed by atoms with Gasteiger partial charge in [0.1, 0.15) is 5.82 Å². The Balaban J connectivity index is 1.68. The Labute approximate surface area is 200 Å². The van der Waals surface area contributed by atoms with Crippen LogP contribution in [-0.2, 0) is 31.7 Å². The van der Waals surface area contributed by atoms with E-state index >= 15 is 0 Å². The normalized spacial score (nSPS) is 15.6. The monoisotopic (exact) mass is 488 g/mol. The van der Waals surface area contributed by atoms with E-state index in [9.17, 15) is 13.2 Å². The molecule has 1 amide bonds. The number of rotatable bonds is 6. The van der Waals surface area contributed by atoms with Gasteiger partial charge >= 0.3 is 10.2 Å². The first-order valence-electron chi connectivity index (χ1n) is 11.4. The molecule has 1 fully saturated rings. The lowest BCUT2D eigenvalue weighted by atomic mass is 9.94. The first-order valence-corrected chi connectivity index (χ1v) is 12.8. The molecule has 1 aliphatic heterocycles. The maximum Gasteiger partial charge on any atom is 0.345 e. The van der Waals surface area contributed by atoms with Gasteiger partial charge in [-0.1, -0.05) is 20.8 Å². The molecule has 4 rings (SSSR count). The molecule has 11 heteroatoms. The van der Waals surface area contributed by atoms with Crippen molar-refractivity contribution in [2.45, 2.75) is 52.5 Å². The number of fused-ring (bicyclic) bond motifs is 1. The molecule has 1 saturated heterocycles. The molecule has 0 aliphatic carbocycles. The van der Waals surface area contributed by atoms with E-state index < -0.39 is 10.2 Å². The fourth-order valence-corrected chi connectivity index (χ4v) is 5.24. The van der Waals surface area contributed by atoms with Gasteiger partial charge in [-0.25, -0.2) is 4.98 Å². The van der Waals surface area contributed by atoms with E-state index in [-0.39, 0.29) is 17.1 Å². The van der Waals surface area contributed by atoms with Gasteiger partial charge in [-0.15, -0.1) is 9.19 Å². The Morgan fingerprint density at radius 3 is 2.59 bits per heavy atom. The zero-order chi connectivity index (χ0) is 24.7. The number of imidazole rings is 1. The minimum Gasteiger partial charge on any atom is -0.381 e. The van der Waals surface area contributed by atoms with Crippen molar-refractivity contribution in [3.8, 4) is 0 Å². The fourth-order valence-electron chi connectivity index (χ4n) is 4.20. The largest absolute Gasteiger partial charge is 0.381 e. The number of nitrogens with zero attached hydrogens (tertiary/aromatic N) is 5. The summed E-state index contributed by atoms with van der Waals surface area (Å²) in [5.41, 5.74) is 2.03. The van der Waals surface area contributed by atoms with Crippen molar-refractivity contribution >= 4 is 38.7 Å². The summed E-state index contributed by atoms with van der Waals surface area (Å²) in [7, 11) is -2.52. The Bertz CT molecular complexity index is 1300. The second kappa shape index (κ2) is 9.03. The van der Waals surface area contributed by atoms with Crippen molar-refractivity contribution in [2.75, 3.05) is 29.9 Å². The van der Waals surface area contributed by atoms with E-state index in [1.807, 2.05) is 6.07 Å². The summed E-state index contributed by atoms with van der Waals surface area (Å²) >= 11 is 0. The van der Waals surface area contributed by atoms with E-state index in [1.165, 1.54) is 26.2 Å². The number of ether oxygens (including phenoxy) is 1. The van der Waals surface area contributed by atoms with E-state index in [2.05, 4.69) is 35.8 Å². The van der Waals surface area contributed by atoms with E-state index in [4.69, 9.17) is 9.72 Å². The highest BCUT2D eigenvalue weighted by molar-refractivity contribution is 7.91. The van der Waals surface area contributed by atoms with Crippen molar-refractivity contribution in [3.63, 3.8) is 0 Å². The third-order valence-electron chi connectivity index (χ3n) is 6.00. The van der Waals surface area contributed by atoms with Crippen molar-refractivity contribution in [3.05, 3.63) is 36.3 Å². The number of amides is 1. The van der Waals surface area contributed by atoms with Gasteiger partial charge in [-0.2, -0.15) is 8.42 Å². The van der Waals surface area contributed by atoms with Crippen LogP contribution < -0.4 is 9.62 Å². The van der Waals surface area contributed by atoms with Gasteiger partial charge in [0.05, 0.1) is 16.7 Å². The van der Waals surface area contributed by atoms with Crippen molar-refractivity contribution < 1.29 is 17.9 Å². The molecule has 2 aromatic heterocycles. The zero-order valence-electron chi connectivity index (χ0n) is 20.3. The van der Waals surface area contributed by atoms with Gasteiger partial charge in [0.15, 0.2) is 5.82 Å². The minimum absolute atomic E-state index is 0.168. The highest BCUT2D eigenvalue weighted by Gasteiger charge is 2.27. The Kier molecular flexibility index (Phi) is 6.43. The van der Waals surface area contributed by atoms with Gasteiger partial charge in [-0.3, -0.25) is 9.10 Å². The van der Waals surface area contributed by atoms with Crippen LogP contribution in [0.2, 0.25) is 0 Å². The molecule has 1 aliphatic rings. The highest BCUT2D eigenvalue weighted by atomic mass is 32.2. The molecule has 0 bridgehead atoms.